The molecule has 0 fully saturated rings. The number of hydrogen-bond acceptors (Lipinski definition) is 4. The molecule has 0 saturated heterocycles. The van der Waals surface area contributed by atoms with Gasteiger partial charge in [0.05, 0.1) is 11.4 Å². The molecule has 2 nitrogen and oxygen atoms in total. The van der Waals surface area contributed by atoms with Crippen molar-refractivity contribution in [1.82, 2.24) is 0 Å². The summed E-state index contributed by atoms with van der Waals surface area (Å²) in [5.74, 6) is 0.416. The monoisotopic (exact) mass is 679 g/mol. The first-order valence-electron chi connectivity index (χ1n) is 17.0. The molecule has 8 aromatic rings. The predicted octanol–water partition coefficient (Wildman–Crippen LogP) is 13.5. The zero-order chi connectivity index (χ0) is 33.8. The number of rotatable bonds is 3. The van der Waals surface area contributed by atoms with E-state index < -0.39 is 0 Å². The third-order valence-electron chi connectivity index (χ3n) is 9.68. The van der Waals surface area contributed by atoms with Gasteiger partial charge in [-0.2, -0.15) is 0 Å². The lowest BCUT2D eigenvalue weighted by Crippen LogP contribution is -2.13. The molecule has 7 aromatic carbocycles. The average molecular weight is 680 g/mol. The minimum Gasteiger partial charge on any atom is -0.309 e. The van der Waals surface area contributed by atoms with Crippen molar-refractivity contribution in [3.63, 3.8) is 0 Å². The molecule has 1 aliphatic heterocycles. The van der Waals surface area contributed by atoms with E-state index in [4.69, 9.17) is 0 Å². The Morgan fingerprint density at radius 2 is 1.10 bits per heavy atom. The molecule has 9 rings (SSSR count). The smallest absolute Gasteiger partial charge is 0.195 e. The molecule has 0 spiro atoms. The fourth-order valence-corrected chi connectivity index (χ4v) is 9.28. The summed E-state index contributed by atoms with van der Waals surface area (Å²) in [7, 11) is 0. The lowest BCUT2D eigenvalue weighted by Gasteiger charge is -2.31. The van der Waals surface area contributed by atoms with Gasteiger partial charge in [-0.1, -0.05) is 117 Å². The summed E-state index contributed by atoms with van der Waals surface area (Å²) in [5, 5.41) is 1.56. The quantitative estimate of drug-likeness (QED) is 0.173. The summed E-state index contributed by atoms with van der Waals surface area (Å²) in [5.41, 5.74) is 11.8. The third-order valence-corrected chi connectivity index (χ3v) is 12.0. The van der Waals surface area contributed by atoms with E-state index in [9.17, 15) is 4.79 Å². The summed E-state index contributed by atoms with van der Waals surface area (Å²) in [4.78, 5) is 18.2. The maximum Gasteiger partial charge on any atom is 0.195 e. The van der Waals surface area contributed by atoms with Gasteiger partial charge in [-0.15, -0.1) is 11.3 Å². The lowest BCUT2D eigenvalue weighted by molar-refractivity contribution is 0.865. The number of anilines is 3. The molecule has 50 heavy (non-hydrogen) atoms. The zero-order valence-electron chi connectivity index (χ0n) is 27.8. The van der Waals surface area contributed by atoms with E-state index in [1.807, 2.05) is 42.1 Å². The van der Waals surface area contributed by atoms with Crippen LogP contribution in [0.4, 0.5) is 17.1 Å². The maximum absolute atomic E-state index is 13.3. The Morgan fingerprint density at radius 3 is 1.86 bits per heavy atom. The Balaban J connectivity index is 1.24. The standard InChI is InChI=1S/C46H33NOS2/c1-29(2)31-22-26-44-39(27-31)35-12-4-8-16-41(35)47(40-15-7-3-11-34(40)36-13-5-9-17-42(36)49-44)33-23-19-30(20-24-33)32-21-25-38-45(28-32)50-43-18-10-6-14-37(43)46(38)48/h3-29H,1-2H3. The topological polar surface area (TPSA) is 20.3 Å². The number of benzene rings is 7. The van der Waals surface area contributed by atoms with Crippen LogP contribution < -0.4 is 10.3 Å². The Kier molecular flexibility index (Phi) is 7.64. The van der Waals surface area contributed by atoms with E-state index in [1.165, 1.54) is 37.6 Å². The molecule has 0 amide bonds. The molecule has 4 heteroatoms. The van der Waals surface area contributed by atoms with Crippen LogP contribution in [0.1, 0.15) is 25.3 Å². The Hall–Kier alpha value is -5.42. The van der Waals surface area contributed by atoms with Gasteiger partial charge in [-0.25, -0.2) is 0 Å². The molecule has 2 heterocycles. The van der Waals surface area contributed by atoms with E-state index in [-0.39, 0.29) is 5.43 Å². The van der Waals surface area contributed by atoms with Crippen molar-refractivity contribution >= 4 is 60.3 Å². The van der Waals surface area contributed by atoms with Gasteiger partial charge in [0.15, 0.2) is 5.43 Å². The Bertz CT molecular complexity index is 2640. The molecule has 1 aliphatic rings. The van der Waals surface area contributed by atoms with Gasteiger partial charge < -0.3 is 4.90 Å². The molecule has 1 aromatic heterocycles. The maximum atomic E-state index is 13.3. The number of fused-ring (bicyclic) bond motifs is 8. The molecule has 0 aliphatic carbocycles. The largest absolute Gasteiger partial charge is 0.309 e. The minimum absolute atomic E-state index is 0.0967. The molecule has 0 N–H and O–H groups in total. The van der Waals surface area contributed by atoms with Gasteiger partial charge in [0, 0.05) is 46.8 Å². The van der Waals surface area contributed by atoms with Crippen LogP contribution in [0, 0.1) is 0 Å². The summed E-state index contributed by atoms with van der Waals surface area (Å²) in [6.07, 6.45) is 0. The molecule has 240 valence electrons. The van der Waals surface area contributed by atoms with Gasteiger partial charge in [-0.3, -0.25) is 4.79 Å². The van der Waals surface area contributed by atoms with Crippen molar-refractivity contribution < 1.29 is 0 Å². The van der Waals surface area contributed by atoms with Crippen LogP contribution in [-0.2, 0) is 0 Å². The molecular formula is C46H33NOS2. The van der Waals surface area contributed by atoms with E-state index in [0.717, 1.165) is 48.4 Å². The average Bonchev–Trinajstić information content (AvgIpc) is 3.16. The summed E-state index contributed by atoms with van der Waals surface area (Å²) >= 11 is 3.52. The lowest BCUT2D eigenvalue weighted by atomic mass is 9.95. The first kappa shape index (κ1) is 30.6. The van der Waals surface area contributed by atoms with Crippen LogP contribution >= 0.6 is 23.1 Å². The van der Waals surface area contributed by atoms with E-state index in [2.05, 4.69) is 146 Å². The second-order valence-corrected chi connectivity index (χ2v) is 15.2. The second-order valence-electron chi connectivity index (χ2n) is 13.1. The van der Waals surface area contributed by atoms with Gasteiger partial charge in [0.2, 0.25) is 0 Å². The third kappa shape index (κ3) is 5.24. The van der Waals surface area contributed by atoms with Crippen molar-refractivity contribution in [1.29, 1.82) is 0 Å². The van der Waals surface area contributed by atoms with Crippen LogP contribution in [0.3, 0.4) is 0 Å². The van der Waals surface area contributed by atoms with Crippen molar-refractivity contribution in [2.45, 2.75) is 29.6 Å². The van der Waals surface area contributed by atoms with Crippen molar-refractivity contribution in [2.24, 2.45) is 0 Å². The van der Waals surface area contributed by atoms with Gasteiger partial charge in [0.1, 0.15) is 0 Å². The van der Waals surface area contributed by atoms with Gasteiger partial charge >= 0.3 is 0 Å². The first-order valence-corrected chi connectivity index (χ1v) is 18.6. The molecule has 0 unspecified atom stereocenters. The zero-order valence-corrected chi connectivity index (χ0v) is 29.4. The van der Waals surface area contributed by atoms with E-state index in [1.54, 1.807) is 11.3 Å². The highest BCUT2D eigenvalue weighted by molar-refractivity contribution is 7.99. The minimum atomic E-state index is 0.0967. The van der Waals surface area contributed by atoms with Gasteiger partial charge in [0.25, 0.3) is 0 Å². The summed E-state index contributed by atoms with van der Waals surface area (Å²) in [6, 6.07) is 56.3. The van der Waals surface area contributed by atoms with Crippen molar-refractivity contribution in [2.75, 3.05) is 4.90 Å². The number of para-hydroxylation sites is 2. The van der Waals surface area contributed by atoms with Crippen molar-refractivity contribution in [3.8, 4) is 33.4 Å². The molecular weight excluding hydrogens is 647 g/mol. The predicted molar refractivity (Wildman–Crippen MR) is 215 cm³/mol. The molecule has 0 saturated carbocycles. The Labute approximate surface area is 300 Å². The Morgan fingerprint density at radius 1 is 0.500 bits per heavy atom. The number of nitrogens with zero attached hydrogens (tertiary/aromatic N) is 1. The van der Waals surface area contributed by atoms with Crippen LogP contribution in [0.15, 0.2) is 172 Å². The summed E-state index contributed by atoms with van der Waals surface area (Å²) < 4.78 is 2.02. The highest BCUT2D eigenvalue weighted by Crippen LogP contribution is 2.51. The second kappa shape index (κ2) is 12.5. The number of hydrogen-bond donors (Lipinski definition) is 0. The first-order chi connectivity index (χ1) is 24.5. The highest BCUT2D eigenvalue weighted by atomic mass is 32.2. The summed E-state index contributed by atoms with van der Waals surface area (Å²) in [6.45, 7) is 4.52. The van der Waals surface area contributed by atoms with Crippen LogP contribution in [-0.4, -0.2) is 0 Å². The molecule has 0 atom stereocenters. The fraction of sp³-hybridized carbons (Fsp3) is 0.0652. The molecule has 0 bridgehead atoms. The van der Waals surface area contributed by atoms with E-state index in [0.29, 0.717) is 5.92 Å². The van der Waals surface area contributed by atoms with Crippen LogP contribution in [0.5, 0.6) is 0 Å². The van der Waals surface area contributed by atoms with E-state index >= 15 is 0 Å². The molecule has 0 radical (unpaired) electrons. The van der Waals surface area contributed by atoms with Gasteiger partial charge in [-0.05, 0) is 100 Å². The highest BCUT2D eigenvalue weighted by Gasteiger charge is 2.24. The van der Waals surface area contributed by atoms with Crippen LogP contribution in [0.25, 0.3) is 53.6 Å². The van der Waals surface area contributed by atoms with Crippen LogP contribution in [0.2, 0.25) is 0 Å². The normalized spacial score (nSPS) is 12.3. The fourth-order valence-electron chi connectivity index (χ4n) is 7.09. The SMILES string of the molecule is CC(C)c1ccc2c(c1)-c1ccccc1N(c1ccc(-c3ccc4c(=O)c5ccccc5sc4c3)cc1)c1ccccc1-c1ccccc1S2. The van der Waals surface area contributed by atoms with Crippen molar-refractivity contribution in [3.05, 3.63) is 174 Å².